The summed E-state index contributed by atoms with van der Waals surface area (Å²) in [5.74, 6) is -0.164. The van der Waals surface area contributed by atoms with Crippen molar-refractivity contribution in [3.63, 3.8) is 0 Å². The predicted octanol–water partition coefficient (Wildman–Crippen LogP) is 4.26. The van der Waals surface area contributed by atoms with Gasteiger partial charge in [-0.2, -0.15) is 23.5 Å². The first kappa shape index (κ1) is 21.7. The number of hydrogen-bond acceptors (Lipinski definition) is 4. The fourth-order valence-corrected chi connectivity index (χ4v) is 3.90. The van der Waals surface area contributed by atoms with Crippen molar-refractivity contribution in [3.8, 4) is 6.07 Å². The summed E-state index contributed by atoms with van der Waals surface area (Å²) >= 11 is 0. The van der Waals surface area contributed by atoms with Crippen molar-refractivity contribution < 1.29 is 18.0 Å². The molecule has 1 aliphatic carbocycles. The van der Waals surface area contributed by atoms with Crippen molar-refractivity contribution in [3.05, 3.63) is 46.8 Å². The number of halogens is 3. The minimum Gasteiger partial charge on any atom is -0.382 e. The van der Waals surface area contributed by atoms with Crippen molar-refractivity contribution in [1.82, 2.24) is 15.1 Å². The Labute approximate surface area is 173 Å². The van der Waals surface area contributed by atoms with Crippen LogP contribution in [0.25, 0.3) is 0 Å². The number of aryl methyl sites for hydroxylation is 2. The molecule has 9 heteroatoms. The molecule has 2 aromatic rings. The zero-order valence-electron chi connectivity index (χ0n) is 16.9. The molecule has 1 heterocycles. The summed E-state index contributed by atoms with van der Waals surface area (Å²) in [5, 5.41) is 19.4. The van der Waals surface area contributed by atoms with Gasteiger partial charge in [-0.05, 0) is 63.3 Å². The number of alkyl halides is 3. The van der Waals surface area contributed by atoms with Crippen molar-refractivity contribution >= 4 is 11.6 Å². The number of aromatic nitrogens is 2. The Bertz CT molecular complexity index is 953. The molecule has 0 atom stereocenters. The standard InChI is InChI=1S/C21H24F3N5O/c1-3-29-19(8-9-26-29)20(30)28-15-6-4-14(5-7-15)27-16-10-13(2)17(12-25)18(11-16)21(22,23)24/h8-11,14-15,27H,3-7H2,1-2H3,(H,28,30). The average molecular weight is 419 g/mol. The Kier molecular flexibility index (Phi) is 6.34. The molecule has 1 aromatic heterocycles. The van der Waals surface area contributed by atoms with E-state index in [-0.39, 0.29) is 23.6 Å². The third-order valence-electron chi connectivity index (χ3n) is 5.43. The van der Waals surface area contributed by atoms with Crippen LogP contribution >= 0.6 is 0 Å². The summed E-state index contributed by atoms with van der Waals surface area (Å²) in [6.07, 6.45) is -0.0959. The summed E-state index contributed by atoms with van der Waals surface area (Å²) in [6.45, 7) is 4.03. The number of benzene rings is 1. The lowest BCUT2D eigenvalue weighted by atomic mass is 9.90. The van der Waals surface area contributed by atoms with E-state index in [1.807, 2.05) is 6.92 Å². The zero-order chi connectivity index (χ0) is 21.9. The maximum absolute atomic E-state index is 13.3. The first-order valence-corrected chi connectivity index (χ1v) is 9.94. The highest BCUT2D eigenvalue weighted by Gasteiger charge is 2.35. The smallest absolute Gasteiger partial charge is 0.382 e. The van der Waals surface area contributed by atoms with Gasteiger partial charge in [0.25, 0.3) is 5.91 Å². The normalized spacial score (nSPS) is 19.2. The monoisotopic (exact) mass is 419 g/mol. The summed E-state index contributed by atoms with van der Waals surface area (Å²) in [7, 11) is 0. The molecule has 1 aliphatic rings. The number of hydrogen-bond donors (Lipinski definition) is 2. The van der Waals surface area contributed by atoms with Gasteiger partial charge in [0.15, 0.2) is 0 Å². The molecule has 0 unspecified atom stereocenters. The van der Waals surface area contributed by atoms with E-state index >= 15 is 0 Å². The number of carbonyl (C=O) groups is 1. The molecular formula is C21H24F3N5O. The van der Waals surface area contributed by atoms with Crippen LogP contribution in [0.15, 0.2) is 24.4 Å². The molecule has 0 aliphatic heterocycles. The number of nitrogens with one attached hydrogen (secondary N) is 2. The molecule has 0 spiro atoms. The number of anilines is 1. The number of rotatable bonds is 5. The topological polar surface area (TPSA) is 82.7 Å². The van der Waals surface area contributed by atoms with Gasteiger partial charge in [0.05, 0.1) is 11.1 Å². The molecular weight excluding hydrogens is 395 g/mol. The molecule has 0 saturated heterocycles. The Hall–Kier alpha value is -3.02. The third kappa shape index (κ3) is 4.75. The summed E-state index contributed by atoms with van der Waals surface area (Å²) < 4.78 is 41.5. The van der Waals surface area contributed by atoms with E-state index in [4.69, 9.17) is 5.26 Å². The van der Waals surface area contributed by atoms with Crippen LogP contribution in [-0.4, -0.2) is 27.8 Å². The maximum Gasteiger partial charge on any atom is 0.417 e. The molecule has 3 rings (SSSR count). The lowest BCUT2D eigenvalue weighted by Crippen LogP contribution is -2.40. The molecule has 6 nitrogen and oxygen atoms in total. The van der Waals surface area contributed by atoms with Gasteiger partial charge in [-0.15, -0.1) is 0 Å². The molecule has 0 bridgehead atoms. The van der Waals surface area contributed by atoms with E-state index in [0.29, 0.717) is 23.5 Å². The van der Waals surface area contributed by atoms with Crippen LogP contribution in [0.5, 0.6) is 0 Å². The van der Waals surface area contributed by atoms with Crippen LogP contribution in [0.1, 0.15) is 59.8 Å². The van der Waals surface area contributed by atoms with Crippen LogP contribution in [0.4, 0.5) is 18.9 Å². The maximum atomic E-state index is 13.3. The second-order valence-corrected chi connectivity index (χ2v) is 7.52. The van der Waals surface area contributed by atoms with Gasteiger partial charge in [0.2, 0.25) is 0 Å². The lowest BCUT2D eigenvalue weighted by Gasteiger charge is -2.30. The van der Waals surface area contributed by atoms with E-state index in [2.05, 4.69) is 15.7 Å². The fourth-order valence-electron chi connectivity index (χ4n) is 3.90. The first-order chi connectivity index (χ1) is 14.2. The Morgan fingerprint density at radius 3 is 2.53 bits per heavy atom. The van der Waals surface area contributed by atoms with Crippen LogP contribution < -0.4 is 10.6 Å². The SMILES string of the molecule is CCn1nccc1C(=O)NC1CCC(Nc2cc(C)c(C#N)c(C(F)(F)F)c2)CC1. The minimum atomic E-state index is -4.58. The van der Waals surface area contributed by atoms with Gasteiger partial charge in [-0.3, -0.25) is 9.48 Å². The first-order valence-electron chi connectivity index (χ1n) is 9.94. The molecule has 30 heavy (non-hydrogen) atoms. The zero-order valence-corrected chi connectivity index (χ0v) is 16.9. The van der Waals surface area contributed by atoms with E-state index in [9.17, 15) is 18.0 Å². The van der Waals surface area contributed by atoms with Gasteiger partial charge in [0, 0.05) is 30.5 Å². The van der Waals surface area contributed by atoms with Crippen LogP contribution in [0.3, 0.4) is 0 Å². The molecule has 2 N–H and O–H groups in total. The van der Waals surface area contributed by atoms with E-state index in [0.717, 1.165) is 31.7 Å². The van der Waals surface area contributed by atoms with Crippen molar-refractivity contribution in [2.75, 3.05) is 5.32 Å². The van der Waals surface area contributed by atoms with E-state index < -0.39 is 11.7 Å². The summed E-state index contributed by atoms with van der Waals surface area (Å²) in [6, 6.07) is 5.94. The lowest BCUT2D eigenvalue weighted by molar-refractivity contribution is -0.137. The van der Waals surface area contributed by atoms with Gasteiger partial charge in [-0.25, -0.2) is 0 Å². The number of carbonyl (C=O) groups excluding carboxylic acids is 1. The molecule has 1 saturated carbocycles. The molecule has 1 aromatic carbocycles. The fraction of sp³-hybridized carbons (Fsp3) is 0.476. The van der Waals surface area contributed by atoms with Crippen molar-refractivity contribution in [2.24, 2.45) is 0 Å². The van der Waals surface area contributed by atoms with Gasteiger partial charge in [0.1, 0.15) is 11.8 Å². The second kappa shape index (κ2) is 8.78. The van der Waals surface area contributed by atoms with Crippen molar-refractivity contribution in [1.29, 1.82) is 5.26 Å². The van der Waals surface area contributed by atoms with Crippen LogP contribution in [0.2, 0.25) is 0 Å². The number of nitriles is 1. The average Bonchev–Trinajstić information content (AvgIpc) is 3.17. The highest BCUT2D eigenvalue weighted by Crippen LogP contribution is 2.36. The Balaban J connectivity index is 1.60. The predicted molar refractivity (Wildman–Crippen MR) is 106 cm³/mol. The highest BCUT2D eigenvalue weighted by atomic mass is 19.4. The third-order valence-corrected chi connectivity index (χ3v) is 5.43. The highest BCUT2D eigenvalue weighted by molar-refractivity contribution is 5.92. The Morgan fingerprint density at radius 1 is 1.27 bits per heavy atom. The van der Waals surface area contributed by atoms with E-state index in [1.54, 1.807) is 29.1 Å². The summed E-state index contributed by atoms with van der Waals surface area (Å²) in [4.78, 5) is 12.4. The largest absolute Gasteiger partial charge is 0.417 e. The van der Waals surface area contributed by atoms with E-state index in [1.165, 1.54) is 6.92 Å². The quantitative estimate of drug-likeness (QED) is 0.759. The molecule has 160 valence electrons. The second-order valence-electron chi connectivity index (χ2n) is 7.52. The number of nitrogens with zero attached hydrogens (tertiary/aromatic N) is 3. The van der Waals surface area contributed by atoms with Crippen LogP contribution in [-0.2, 0) is 12.7 Å². The molecule has 0 radical (unpaired) electrons. The van der Waals surface area contributed by atoms with Gasteiger partial charge in [-0.1, -0.05) is 0 Å². The van der Waals surface area contributed by atoms with Crippen molar-refractivity contribution in [2.45, 2.75) is 64.3 Å². The van der Waals surface area contributed by atoms with Crippen LogP contribution in [0, 0.1) is 18.3 Å². The van der Waals surface area contributed by atoms with Gasteiger partial charge >= 0.3 is 6.18 Å². The molecule has 1 fully saturated rings. The minimum absolute atomic E-state index is 0.00717. The number of amides is 1. The molecule has 1 amide bonds. The Morgan fingerprint density at radius 2 is 1.93 bits per heavy atom. The van der Waals surface area contributed by atoms with Gasteiger partial charge < -0.3 is 10.6 Å². The summed E-state index contributed by atoms with van der Waals surface area (Å²) in [5.41, 5.74) is -0.0845.